The lowest BCUT2D eigenvalue weighted by Crippen LogP contribution is -2.59. The number of hydrogen-bond donors (Lipinski definition) is 4. The van der Waals surface area contributed by atoms with Gasteiger partial charge in [0.2, 0.25) is 0 Å². The summed E-state index contributed by atoms with van der Waals surface area (Å²) in [5.74, 6) is -0.856. The van der Waals surface area contributed by atoms with E-state index >= 15 is 0 Å². The molecule has 0 aromatic carbocycles. The zero-order chi connectivity index (χ0) is 14.6. The smallest absolute Gasteiger partial charge is 0.451 e. The summed E-state index contributed by atoms with van der Waals surface area (Å²) in [5.41, 5.74) is 4.94. The van der Waals surface area contributed by atoms with Crippen molar-refractivity contribution in [2.45, 2.75) is 37.5 Å². The lowest BCUT2D eigenvalue weighted by molar-refractivity contribution is -0.148. The summed E-state index contributed by atoms with van der Waals surface area (Å²) in [7, 11) is 2.50. The van der Waals surface area contributed by atoms with Gasteiger partial charge >= 0.3 is 13.1 Å². The molecule has 0 radical (unpaired) electrons. The molecule has 1 saturated carbocycles. The van der Waals surface area contributed by atoms with Gasteiger partial charge in [0.25, 0.3) is 0 Å². The van der Waals surface area contributed by atoms with E-state index in [0.717, 1.165) is 12.8 Å². The van der Waals surface area contributed by atoms with E-state index in [-0.39, 0.29) is 18.2 Å². The minimum Gasteiger partial charge on any atom is -0.480 e. The fourth-order valence-corrected chi connectivity index (χ4v) is 3.03. The van der Waals surface area contributed by atoms with Crippen molar-refractivity contribution in [1.82, 2.24) is 4.90 Å². The number of rotatable bonds is 6. The van der Waals surface area contributed by atoms with Gasteiger partial charge in [-0.3, -0.25) is 4.79 Å². The summed E-state index contributed by atoms with van der Waals surface area (Å²) in [4.78, 5) is 13.5. The first-order valence-electron chi connectivity index (χ1n) is 6.79. The summed E-state index contributed by atoms with van der Waals surface area (Å²) >= 11 is 0. The minimum absolute atomic E-state index is 0.0599. The van der Waals surface area contributed by atoms with Gasteiger partial charge in [-0.15, -0.1) is 0 Å². The molecule has 110 valence electrons. The number of carbonyl (C=O) groups is 1. The van der Waals surface area contributed by atoms with Crippen LogP contribution in [0.2, 0.25) is 6.32 Å². The molecule has 0 aromatic heterocycles. The Bertz CT molecular complexity index is 314. The maximum Gasteiger partial charge on any atom is 0.451 e. The van der Waals surface area contributed by atoms with E-state index in [2.05, 4.69) is 0 Å². The van der Waals surface area contributed by atoms with Gasteiger partial charge in [0, 0.05) is 12.5 Å². The van der Waals surface area contributed by atoms with Gasteiger partial charge in [-0.05, 0) is 45.6 Å². The largest absolute Gasteiger partial charge is 0.480 e. The Morgan fingerprint density at radius 2 is 2.05 bits per heavy atom. The standard InChI is InChI=1S/C12H25BN2O4/c1-15(2)8-10-4-3-9(5-6-13(18)19)7-12(10,14)11(16)17/h9-10,18-19H,3-8,14H2,1-2H3,(H,16,17)/t9?,10-,12-/m0/s1. The van der Waals surface area contributed by atoms with Crippen LogP contribution in [0.15, 0.2) is 0 Å². The third-order valence-electron chi connectivity index (χ3n) is 4.10. The molecule has 1 unspecified atom stereocenters. The molecule has 0 aromatic rings. The summed E-state index contributed by atoms with van der Waals surface area (Å²) in [6.07, 6.45) is 2.97. The first-order valence-corrected chi connectivity index (χ1v) is 6.79. The van der Waals surface area contributed by atoms with Gasteiger partial charge in [-0.1, -0.05) is 6.42 Å². The molecule has 0 aliphatic heterocycles. The summed E-state index contributed by atoms with van der Waals surface area (Å²) < 4.78 is 0. The molecular weight excluding hydrogens is 247 g/mol. The number of nitrogens with two attached hydrogens (primary N) is 1. The molecule has 0 amide bonds. The molecule has 0 saturated heterocycles. The highest BCUT2D eigenvalue weighted by atomic mass is 16.4. The van der Waals surface area contributed by atoms with Crippen LogP contribution in [0.4, 0.5) is 0 Å². The Morgan fingerprint density at radius 3 is 2.53 bits per heavy atom. The van der Waals surface area contributed by atoms with Crippen LogP contribution >= 0.6 is 0 Å². The van der Waals surface area contributed by atoms with E-state index in [1.165, 1.54) is 0 Å². The molecule has 6 nitrogen and oxygen atoms in total. The van der Waals surface area contributed by atoms with E-state index in [4.69, 9.17) is 15.8 Å². The quantitative estimate of drug-likeness (QED) is 0.490. The number of carboxylic acids is 1. The number of hydrogen-bond acceptors (Lipinski definition) is 5. The highest BCUT2D eigenvalue weighted by Crippen LogP contribution is 2.38. The maximum atomic E-state index is 11.5. The third-order valence-corrected chi connectivity index (χ3v) is 4.10. The minimum atomic E-state index is -1.32. The molecule has 1 fully saturated rings. The summed E-state index contributed by atoms with van der Waals surface area (Å²) in [6, 6.07) is 0. The van der Waals surface area contributed by atoms with Crippen LogP contribution < -0.4 is 5.73 Å². The van der Waals surface area contributed by atoms with Crippen LogP contribution in [-0.4, -0.2) is 59.3 Å². The second-order valence-electron chi connectivity index (χ2n) is 6.01. The number of nitrogens with zero attached hydrogens (tertiary/aromatic N) is 1. The Hall–Kier alpha value is -0.625. The van der Waals surface area contributed by atoms with Gasteiger partial charge in [0.15, 0.2) is 0 Å². The topological polar surface area (TPSA) is 107 Å². The number of aliphatic carboxylic acids is 1. The molecule has 1 aliphatic carbocycles. The van der Waals surface area contributed by atoms with Crippen molar-refractivity contribution in [2.24, 2.45) is 17.6 Å². The molecule has 19 heavy (non-hydrogen) atoms. The van der Waals surface area contributed by atoms with Crippen molar-refractivity contribution in [3.63, 3.8) is 0 Å². The molecule has 1 aliphatic rings. The lowest BCUT2D eigenvalue weighted by atomic mass is 9.66. The van der Waals surface area contributed by atoms with Crippen LogP contribution in [0, 0.1) is 11.8 Å². The summed E-state index contributed by atoms with van der Waals surface area (Å²) in [5, 5.41) is 27.2. The fraction of sp³-hybridized carbons (Fsp3) is 0.917. The predicted molar refractivity (Wildman–Crippen MR) is 73.6 cm³/mol. The van der Waals surface area contributed by atoms with Crippen molar-refractivity contribution in [2.75, 3.05) is 20.6 Å². The zero-order valence-corrected chi connectivity index (χ0v) is 11.7. The average molecular weight is 272 g/mol. The molecule has 3 atom stereocenters. The maximum absolute atomic E-state index is 11.5. The highest BCUT2D eigenvalue weighted by Gasteiger charge is 2.46. The monoisotopic (exact) mass is 272 g/mol. The molecule has 1 rings (SSSR count). The second kappa shape index (κ2) is 6.70. The van der Waals surface area contributed by atoms with Crippen LogP contribution in [0.5, 0.6) is 0 Å². The molecule has 5 N–H and O–H groups in total. The van der Waals surface area contributed by atoms with E-state index in [0.29, 0.717) is 19.4 Å². The second-order valence-corrected chi connectivity index (χ2v) is 6.01. The highest BCUT2D eigenvalue weighted by molar-refractivity contribution is 6.40. The van der Waals surface area contributed by atoms with Crippen LogP contribution in [-0.2, 0) is 4.79 Å². The van der Waals surface area contributed by atoms with Crippen molar-refractivity contribution in [3.8, 4) is 0 Å². The van der Waals surface area contributed by atoms with Gasteiger partial charge in [0.1, 0.15) is 5.54 Å². The summed E-state index contributed by atoms with van der Waals surface area (Å²) in [6.45, 7) is 0.665. The van der Waals surface area contributed by atoms with Crippen LogP contribution in [0.25, 0.3) is 0 Å². The molecule has 0 bridgehead atoms. The van der Waals surface area contributed by atoms with Gasteiger partial charge < -0.3 is 25.8 Å². The van der Waals surface area contributed by atoms with E-state index in [1.54, 1.807) is 0 Å². The Kier molecular flexibility index (Phi) is 5.79. The van der Waals surface area contributed by atoms with Crippen molar-refractivity contribution in [3.05, 3.63) is 0 Å². The Balaban J connectivity index is 2.69. The predicted octanol–water partition coefficient (Wildman–Crippen LogP) is -0.391. The van der Waals surface area contributed by atoms with E-state index in [1.807, 2.05) is 19.0 Å². The van der Waals surface area contributed by atoms with Gasteiger partial charge in [-0.25, -0.2) is 0 Å². The molecule has 0 spiro atoms. The number of carboxylic acid groups (broad SMARTS) is 1. The molecular formula is C12H25BN2O4. The molecule has 0 heterocycles. The fourth-order valence-electron chi connectivity index (χ4n) is 3.03. The normalized spacial score (nSPS) is 31.5. The van der Waals surface area contributed by atoms with E-state index in [9.17, 15) is 9.90 Å². The van der Waals surface area contributed by atoms with Gasteiger partial charge in [-0.2, -0.15) is 0 Å². The first kappa shape index (κ1) is 16.4. The Labute approximate surface area is 114 Å². The first-order chi connectivity index (χ1) is 8.75. The average Bonchev–Trinajstić information content (AvgIpc) is 2.29. The SMILES string of the molecule is CN(C)C[C@@H]1CCC(CCB(O)O)C[C@@]1(N)C(=O)O. The van der Waals surface area contributed by atoms with Crippen LogP contribution in [0.1, 0.15) is 25.7 Å². The zero-order valence-electron chi connectivity index (χ0n) is 11.7. The van der Waals surface area contributed by atoms with Crippen molar-refractivity contribution < 1.29 is 19.9 Å². The molecule has 7 heteroatoms. The Morgan fingerprint density at radius 1 is 1.42 bits per heavy atom. The van der Waals surface area contributed by atoms with Crippen molar-refractivity contribution in [1.29, 1.82) is 0 Å². The van der Waals surface area contributed by atoms with Gasteiger partial charge in [0.05, 0.1) is 0 Å². The van der Waals surface area contributed by atoms with Crippen LogP contribution in [0.3, 0.4) is 0 Å². The van der Waals surface area contributed by atoms with E-state index < -0.39 is 18.6 Å². The van der Waals surface area contributed by atoms with Crippen molar-refractivity contribution >= 4 is 13.1 Å². The third kappa shape index (κ3) is 4.45. The lowest BCUT2D eigenvalue weighted by Gasteiger charge is -2.42.